The molecule has 0 spiro atoms. The van der Waals surface area contributed by atoms with Crippen LogP contribution in [0.5, 0.6) is 11.5 Å². The number of hydrogen-bond donors (Lipinski definition) is 0. The smallest absolute Gasteiger partial charge is 0.254 e. The molecule has 0 saturated carbocycles. The zero-order chi connectivity index (χ0) is 21.9. The summed E-state index contributed by atoms with van der Waals surface area (Å²) in [5.41, 5.74) is 1.87. The second-order valence-corrected chi connectivity index (χ2v) is 7.76. The van der Waals surface area contributed by atoms with Crippen molar-refractivity contribution in [3.8, 4) is 11.5 Å². The summed E-state index contributed by atoms with van der Waals surface area (Å²) in [6.45, 7) is 9.50. The van der Waals surface area contributed by atoms with E-state index in [-0.39, 0.29) is 5.91 Å². The molecule has 5 nitrogen and oxygen atoms in total. The van der Waals surface area contributed by atoms with Crippen molar-refractivity contribution in [2.45, 2.75) is 26.7 Å². The number of piperazine rings is 1. The molecule has 166 valence electrons. The molecule has 1 heterocycles. The summed E-state index contributed by atoms with van der Waals surface area (Å²) in [7, 11) is 0. The van der Waals surface area contributed by atoms with E-state index in [1.165, 1.54) is 5.56 Å². The molecular formula is C26H34N2O3. The Balaban J connectivity index is 1.55. The molecule has 2 aromatic rings. The maximum Gasteiger partial charge on any atom is 0.254 e. The van der Waals surface area contributed by atoms with E-state index in [4.69, 9.17) is 9.47 Å². The van der Waals surface area contributed by atoms with Crippen molar-refractivity contribution in [2.24, 2.45) is 0 Å². The first kappa shape index (κ1) is 22.9. The van der Waals surface area contributed by atoms with Crippen molar-refractivity contribution in [1.29, 1.82) is 0 Å². The third-order valence-corrected chi connectivity index (χ3v) is 5.25. The van der Waals surface area contributed by atoms with E-state index < -0.39 is 0 Å². The van der Waals surface area contributed by atoms with E-state index in [1.807, 2.05) is 41.3 Å². The normalized spacial score (nSPS) is 14.7. The van der Waals surface area contributed by atoms with Gasteiger partial charge in [0.2, 0.25) is 0 Å². The molecule has 1 saturated heterocycles. The highest BCUT2D eigenvalue weighted by Gasteiger charge is 2.22. The van der Waals surface area contributed by atoms with Gasteiger partial charge in [-0.05, 0) is 36.6 Å². The summed E-state index contributed by atoms with van der Waals surface area (Å²) in [4.78, 5) is 17.4. The molecule has 31 heavy (non-hydrogen) atoms. The average Bonchev–Trinajstić information content (AvgIpc) is 2.82. The number of nitrogens with zero attached hydrogens (tertiary/aromatic N) is 2. The molecule has 1 aliphatic rings. The van der Waals surface area contributed by atoms with Gasteiger partial charge in [0, 0.05) is 38.3 Å². The second kappa shape index (κ2) is 12.2. The Morgan fingerprint density at radius 3 is 2.26 bits per heavy atom. The minimum atomic E-state index is 0.0582. The largest absolute Gasteiger partial charge is 0.490 e. The Hall–Kier alpha value is -2.79. The first-order chi connectivity index (χ1) is 15.2. The Morgan fingerprint density at radius 2 is 1.58 bits per heavy atom. The van der Waals surface area contributed by atoms with Gasteiger partial charge in [0.05, 0.1) is 13.2 Å². The van der Waals surface area contributed by atoms with E-state index in [0.29, 0.717) is 30.3 Å². The standard InChI is InChI=1S/C26H34N2O3/c1-3-19-30-24-13-12-23(21-25(24)31-20-4-2)26(29)28-17-15-27(16-18-28)14-8-11-22-9-6-5-7-10-22/h5-13,21H,3-4,14-20H2,1-2H3/b11-8+. The van der Waals surface area contributed by atoms with Crippen LogP contribution >= 0.6 is 0 Å². The molecule has 0 unspecified atom stereocenters. The Bertz CT molecular complexity index is 843. The van der Waals surface area contributed by atoms with Gasteiger partial charge in [-0.25, -0.2) is 0 Å². The van der Waals surface area contributed by atoms with Crippen LogP contribution in [-0.2, 0) is 0 Å². The fourth-order valence-corrected chi connectivity index (χ4v) is 3.52. The lowest BCUT2D eigenvalue weighted by atomic mass is 10.1. The van der Waals surface area contributed by atoms with Crippen LogP contribution < -0.4 is 9.47 Å². The zero-order valence-corrected chi connectivity index (χ0v) is 18.8. The lowest BCUT2D eigenvalue weighted by Gasteiger charge is -2.34. The van der Waals surface area contributed by atoms with Crippen LogP contribution in [0.3, 0.4) is 0 Å². The summed E-state index contributed by atoms with van der Waals surface area (Å²) in [5, 5.41) is 0. The van der Waals surface area contributed by atoms with E-state index in [9.17, 15) is 4.79 Å². The van der Waals surface area contributed by atoms with Gasteiger partial charge in [0.25, 0.3) is 5.91 Å². The van der Waals surface area contributed by atoms with Gasteiger partial charge in [0.1, 0.15) is 0 Å². The molecule has 2 aromatic carbocycles. The van der Waals surface area contributed by atoms with Gasteiger partial charge < -0.3 is 14.4 Å². The highest BCUT2D eigenvalue weighted by molar-refractivity contribution is 5.95. The van der Waals surface area contributed by atoms with Crippen LogP contribution in [0.4, 0.5) is 0 Å². The van der Waals surface area contributed by atoms with E-state index >= 15 is 0 Å². The molecule has 3 rings (SSSR count). The quantitative estimate of drug-likeness (QED) is 0.555. The topological polar surface area (TPSA) is 42.0 Å². The van der Waals surface area contributed by atoms with Crippen LogP contribution in [0.1, 0.15) is 42.6 Å². The third-order valence-electron chi connectivity index (χ3n) is 5.25. The zero-order valence-electron chi connectivity index (χ0n) is 18.8. The fraction of sp³-hybridized carbons (Fsp3) is 0.423. The lowest BCUT2D eigenvalue weighted by molar-refractivity contribution is 0.0649. The molecule has 0 aromatic heterocycles. The number of carbonyl (C=O) groups is 1. The Morgan fingerprint density at radius 1 is 0.903 bits per heavy atom. The van der Waals surface area contributed by atoms with Gasteiger partial charge in [-0.1, -0.05) is 56.3 Å². The highest BCUT2D eigenvalue weighted by Crippen LogP contribution is 2.29. The average molecular weight is 423 g/mol. The predicted octanol–water partition coefficient (Wildman–Crippen LogP) is 4.74. The van der Waals surface area contributed by atoms with Gasteiger partial charge in [-0.3, -0.25) is 9.69 Å². The molecule has 1 aliphatic heterocycles. The van der Waals surface area contributed by atoms with Crippen molar-refractivity contribution >= 4 is 12.0 Å². The van der Waals surface area contributed by atoms with Crippen LogP contribution in [0.15, 0.2) is 54.6 Å². The molecule has 0 aliphatic carbocycles. The number of hydrogen-bond acceptors (Lipinski definition) is 4. The molecule has 0 N–H and O–H groups in total. The van der Waals surface area contributed by atoms with Crippen molar-refractivity contribution < 1.29 is 14.3 Å². The van der Waals surface area contributed by atoms with Crippen molar-refractivity contribution in [3.05, 3.63) is 65.7 Å². The Kier molecular flexibility index (Phi) is 8.98. The molecule has 1 amide bonds. The minimum absolute atomic E-state index is 0.0582. The van der Waals surface area contributed by atoms with Gasteiger partial charge in [-0.2, -0.15) is 0 Å². The van der Waals surface area contributed by atoms with Gasteiger partial charge in [-0.15, -0.1) is 0 Å². The van der Waals surface area contributed by atoms with Crippen LogP contribution in [0, 0.1) is 0 Å². The number of rotatable bonds is 10. The Labute approximate surface area is 186 Å². The van der Waals surface area contributed by atoms with Gasteiger partial charge >= 0.3 is 0 Å². The molecule has 5 heteroatoms. The van der Waals surface area contributed by atoms with Crippen LogP contribution in [0.2, 0.25) is 0 Å². The molecule has 0 radical (unpaired) electrons. The van der Waals surface area contributed by atoms with E-state index in [0.717, 1.165) is 45.6 Å². The van der Waals surface area contributed by atoms with Crippen LogP contribution in [0.25, 0.3) is 6.08 Å². The monoisotopic (exact) mass is 422 g/mol. The first-order valence-electron chi connectivity index (χ1n) is 11.3. The maximum absolute atomic E-state index is 13.1. The van der Waals surface area contributed by atoms with Crippen molar-refractivity contribution in [1.82, 2.24) is 9.80 Å². The van der Waals surface area contributed by atoms with Crippen molar-refractivity contribution in [3.63, 3.8) is 0 Å². The highest BCUT2D eigenvalue weighted by atomic mass is 16.5. The summed E-state index contributed by atoms with van der Waals surface area (Å²) in [6, 6.07) is 15.9. The second-order valence-electron chi connectivity index (χ2n) is 7.76. The number of carbonyl (C=O) groups excluding carboxylic acids is 1. The summed E-state index contributed by atoms with van der Waals surface area (Å²) in [6.07, 6.45) is 6.18. The third kappa shape index (κ3) is 6.86. The summed E-state index contributed by atoms with van der Waals surface area (Å²) < 4.78 is 11.6. The molecule has 1 fully saturated rings. The predicted molar refractivity (Wildman–Crippen MR) is 126 cm³/mol. The number of amides is 1. The lowest BCUT2D eigenvalue weighted by Crippen LogP contribution is -2.48. The van der Waals surface area contributed by atoms with Crippen LogP contribution in [-0.4, -0.2) is 61.6 Å². The number of ether oxygens (including phenoxy) is 2. The van der Waals surface area contributed by atoms with Gasteiger partial charge in [0.15, 0.2) is 11.5 Å². The molecule has 0 bridgehead atoms. The van der Waals surface area contributed by atoms with Crippen molar-refractivity contribution in [2.75, 3.05) is 45.9 Å². The van der Waals surface area contributed by atoms with E-state index in [2.05, 4.69) is 43.0 Å². The SMILES string of the molecule is CCCOc1ccc(C(=O)N2CCN(C/C=C/c3ccccc3)CC2)cc1OCCC. The van der Waals surface area contributed by atoms with E-state index in [1.54, 1.807) is 0 Å². The summed E-state index contributed by atoms with van der Waals surface area (Å²) in [5.74, 6) is 1.43. The fourth-order valence-electron chi connectivity index (χ4n) is 3.52. The maximum atomic E-state index is 13.1. The number of benzene rings is 2. The summed E-state index contributed by atoms with van der Waals surface area (Å²) >= 11 is 0. The molecular weight excluding hydrogens is 388 g/mol. The first-order valence-corrected chi connectivity index (χ1v) is 11.3. The molecule has 0 atom stereocenters. The minimum Gasteiger partial charge on any atom is -0.490 e.